The van der Waals surface area contributed by atoms with Crippen LogP contribution in [0.4, 0.5) is 0 Å². The lowest BCUT2D eigenvalue weighted by Gasteiger charge is -2.37. The van der Waals surface area contributed by atoms with Gasteiger partial charge in [-0.1, -0.05) is 13.8 Å². The summed E-state index contributed by atoms with van der Waals surface area (Å²) in [5.74, 6) is 0.972. The second-order valence-electron chi connectivity index (χ2n) is 7.30. The second-order valence-corrected chi connectivity index (χ2v) is 7.30. The van der Waals surface area contributed by atoms with Crippen molar-refractivity contribution >= 4 is 0 Å². The Morgan fingerprint density at radius 1 is 1.26 bits per heavy atom. The first-order valence-electron chi connectivity index (χ1n) is 8.06. The van der Waals surface area contributed by atoms with Gasteiger partial charge < -0.3 is 10.1 Å². The van der Waals surface area contributed by atoms with E-state index in [4.69, 9.17) is 4.74 Å². The Kier molecular flexibility index (Phi) is 5.27. The number of rotatable bonds is 8. The number of nitrogens with zero attached hydrogens (tertiary/aromatic N) is 1. The van der Waals surface area contributed by atoms with Crippen LogP contribution >= 0.6 is 0 Å². The van der Waals surface area contributed by atoms with E-state index < -0.39 is 0 Å². The van der Waals surface area contributed by atoms with Crippen LogP contribution < -0.4 is 5.32 Å². The van der Waals surface area contributed by atoms with Crippen molar-refractivity contribution in [1.82, 2.24) is 10.2 Å². The molecule has 0 radical (unpaired) electrons. The predicted molar refractivity (Wildman–Crippen MR) is 80.4 cm³/mol. The van der Waals surface area contributed by atoms with Crippen LogP contribution in [0.5, 0.6) is 0 Å². The van der Waals surface area contributed by atoms with Crippen LogP contribution in [0.2, 0.25) is 0 Å². The van der Waals surface area contributed by atoms with Gasteiger partial charge in [0.05, 0.1) is 6.61 Å². The molecule has 2 rings (SSSR count). The van der Waals surface area contributed by atoms with Crippen molar-refractivity contribution < 1.29 is 4.74 Å². The Morgan fingerprint density at radius 2 is 2.00 bits per heavy atom. The molecular formula is C16H32N2O. The molecule has 1 aliphatic carbocycles. The minimum Gasteiger partial charge on any atom is -0.381 e. The molecule has 0 aromatic heterocycles. The molecule has 19 heavy (non-hydrogen) atoms. The summed E-state index contributed by atoms with van der Waals surface area (Å²) in [7, 11) is 0. The average Bonchev–Trinajstić information content (AvgIpc) is 3.04. The molecule has 112 valence electrons. The highest BCUT2D eigenvalue weighted by Gasteiger charge is 2.38. The van der Waals surface area contributed by atoms with E-state index >= 15 is 0 Å². The van der Waals surface area contributed by atoms with E-state index in [0.717, 1.165) is 25.7 Å². The Balaban J connectivity index is 1.92. The third-order valence-electron chi connectivity index (χ3n) is 4.53. The van der Waals surface area contributed by atoms with Gasteiger partial charge >= 0.3 is 0 Å². The Labute approximate surface area is 119 Å². The van der Waals surface area contributed by atoms with Crippen LogP contribution in [0.3, 0.4) is 0 Å². The van der Waals surface area contributed by atoms with Crippen LogP contribution in [0.25, 0.3) is 0 Å². The van der Waals surface area contributed by atoms with Gasteiger partial charge in [-0.15, -0.1) is 0 Å². The predicted octanol–water partition coefficient (Wildman–Crippen LogP) is 2.51. The summed E-state index contributed by atoms with van der Waals surface area (Å²) in [6.45, 7) is 14.6. The lowest BCUT2D eigenvalue weighted by Crippen LogP contribution is -2.48. The molecule has 0 amide bonds. The van der Waals surface area contributed by atoms with Crippen molar-refractivity contribution in [3.8, 4) is 0 Å². The van der Waals surface area contributed by atoms with Crippen LogP contribution in [0.1, 0.15) is 47.0 Å². The van der Waals surface area contributed by atoms with Crippen LogP contribution in [0.15, 0.2) is 0 Å². The topological polar surface area (TPSA) is 24.5 Å². The van der Waals surface area contributed by atoms with E-state index in [0.29, 0.717) is 17.5 Å². The largest absolute Gasteiger partial charge is 0.381 e. The molecule has 1 saturated carbocycles. The summed E-state index contributed by atoms with van der Waals surface area (Å²) >= 11 is 0. The first-order valence-corrected chi connectivity index (χ1v) is 8.06. The molecule has 1 atom stereocenters. The fourth-order valence-corrected chi connectivity index (χ4v) is 2.91. The molecule has 1 aliphatic heterocycles. The summed E-state index contributed by atoms with van der Waals surface area (Å²) in [4.78, 5) is 2.69. The van der Waals surface area contributed by atoms with E-state index in [-0.39, 0.29) is 0 Å². The van der Waals surface area contributed by atoms with Gasteiger partial charge in [-0.05, 0) is 39.0 Å². The van der Waals surface area contributed by atoms with Crippen molar-refractivity contribution in [1.29, 1.82) is 0 Å². The average molecular weight is 268 g/mol. The van der Waals surface area contributed by atoms with Crippen molar-refractivity contribution in [3.05, 3.63) is 0 Å². The zero-order valence-corrected chi connectivity index (χ0v) is 13.2. The molecule has 3 heteroatoms. The Morgan fingerprint density at radius 3 is 2.47 bits per heavy atom. The van der Waals surface area contributed by atoms with Crippen LogP contribution in [-0.4, -0.2) is 49.8 Å². The van der Waals surface area contributed by atoms with Gasteiger partial charge in [-0.25, -0.2) is 0 Å². The fraction of sp³-hybridized carbons (Fsp3) is 1.00. The minimum atomic E-state index is 0.337. The normalized spacial score (nSPS) is 27.9. The van der Waals surface area contributed by atoms with Crippen molar-refractivity contribution in [3.63, 3.8) is 0 Å². The molecule has 1 heterocycles. The monoisotopic (exact) mass is 268 g/mol. The zero-order chi connectivity index (χ0) is 13.9. The summed E-state index contributed by atoms with van der Waals surface area (Å²) in [6, 6.07) is 1.21. The summed E-state index contributed by atoms with van der Waals surface area (Å²) in [5.41, 5.74) is 0.337. The number of hydrogen-bond acceptors (Lipinski definition) is 3. The van der Waals surface area contributed by atoms with E-state index in [1.54, 1.807) is 0 Å². The van der Waals surface area contributed by atoms with E-state index in [1.165, 1.54) is 32.4 Å². The third-order valence-corrected chi connectivity index (χ3v) is 4.53. The summed E-state index contributed by atoms with van der Waals surface area (Å²) in [5, 5.41) is 3.63. The molecule has 0 aromatic rings. The number of hydrogen-bond donors (Lipinski definition) is 1. The molecular weight excluding hydrogens is 236 g/mol. The van der Waals surface area contributed by atoms with Crippen molar-refractivity contribution in [2.75, 3.05) is 32.8 Å². The second kappa shape index (κ2) is 6.55. The maximum Gasteiger partial charge on any atom is 0.0547 e. The molecule has 0 bridgehead atoms. The Hall–Kier alpha value is -0.120. The SMILES string of the molecule is CC(C)NCC1(CN(CC2CC2)C(C)C)CCOC1. The van der Waals surface area contributed by atoms with E-state index in [9.17, 15) is 0 Å². The first-order chi connectivity index (χ1) is 9.01. The molecule has 1 unspecified atom stereocenters. The van der Waals surface area contributed by atoms with Gasteiger partial charge in [0, 0.05) is 43.7 Å². The van der Waals surface area contributed by atoms with Gasteiger partial charge in [0.15, 0.2) is 0 Å². The number of nitrogens with one attached hydrogen (secondary N) is 1. The van der Waals surface area contributed by atoms with Gasteiger partial charge in [0.1, 0.15) is 0 Å². The van der Waals surface area contributed by atoms with Crippen molar-refractivity contribution in [2.24, 2.45) is 11.3 Å². The molecule has 0 spiro atoms. The quantitative estimate of drug-likeness (QED) is 0.732. The Bertz CT molecular complexity index is 268. The summed E-state index contributed by atoms with van der Waals surface area (Å²) < 4.78 is 5.73. The lowest BCUT2D eigenvalue weighted by molar-refractivity contribution is 0.0885. The molecule has 0 aromatic carbocycles. The van der Waals surface area contributed by atoms with E-state index in [1.807, 2.05) is 0 Å². The molecule has 3 nitrogen and oxygen atoms in total. The highest BCUT2D eigenvalue weighted by molar-refractivity contribution is 4.91. The highest BCUT2D eigenvalue weighted by atomic mass is 16.5. The fourth-order valence-electron chi connectivity index (χ4n) is 2.91. The van der Waals surface area contributed by atoms with Gasteiger partial charge in [0.25, 0.3) is 0 Å². The lowest BCUT2D eigenvalue weighted by atomic mass is 9.85. The smallest absolute Gasteiger partial charge is 0.0547 e. The van der Waals surface area contributed by atoms with Gasteiger partial charge in [-0.2, -0.15) is 0 Å². The maximum absolute atomic E-state index is 5.73. The van der Waals surface area contributed by atoms with Crippen LogP contribution in [-0.2, 0) is 4.74 Å². The number of ether oxygens (including phenoxy) is 1. The summed E-state index contributed by atoms with van der Waals surface area (Å²) in [6.07, 6.45) is 4.09. The van der Waals surface area contributed by atoms with E-state index in [2.05, 4.69) is 37.9 Å². The molecule has 1 saturated heterocycles. The zero-order valence-electron chi connectivity index (χ0n) is 13.2. The molecule has 2 aliphatic rings. The van der Waals surface area contributed by atoms with Crippen LogP contribution in [0, 0.1) is 11.3 Å². The van der Waals surface area contributed by atoms with Crippen molar-refractivity contribution in [2.45, 2.75) is 59.0 Å². The maximum atomic E-state index is 5.73. The molecule has 1 N–H and O–H groups in total. The highest BCUT2D eigenvalue weighted by Crippen LogP contribution is 2.34. The first kappa shape index (κ1) is 15.3. The van der Waals surface area contributed by atoms with Gasteiger partial charge in [0.2, 0.25) is 0 Å². The van der Waals surface area contributed by atoms with Gasteiger partial charge in [-0.3, -0.25) is 4.90 Å². The minimum absolute atomic E-state index is 0.337. The standard InChI is InChI=1S/C16H32N2O/c1-13(2)17-10-16(7-8-19-12-16)11-18(14(3)4)9-15-5-6-15/h13-15,17H,5-12H2,1-4H3. The molecule has 2 fully saturated rings. The third kappa shape index (κ3) is 4.73.